The number of thiocarbonyl (C=S) groups is 1. The molecule has 3 N–H and O–H groups in total. The fourth-order valence-electron chi connectivity index (χ4n) is 0.587. The van der Waals surface area contributed by atoms with Gasteiger partial charge in [-0.15, -0.1) is 0 Å². The average Bonchev–Trinajstić information content (AvgIpc) is 2.51. The van der Waals surface area contributed by atoms with Gasteiger partial charge in [0.15, 0.2) is 5.11 Å². The summed E-state index contributed by atoms with van der Waals surface area (Å²) >= 11 is 5.97. The molecule has 6 heteroatoms. The molecule has 1 aromatic heterocycles. The average molecular weight is 200 g/mol. The number of hydrogen-bond acceptors (Lipinski definition) is 4. The van der Waals surface area contributed by atoms with Gasteiger partial charge in [-0.3, -0.25) is 5.43 Å². The molecular weight excluding hydrogens is 192 g/mol. The minimum absolute atomic E-state index is 0.164. The molecule has 0 spiro atoms. The predicted molar refractivity (Wildman–Crippen MR) is 54.2 cm³/mol. The van der Waals surface area contributed by atoms with Gasteiger partial charge < -0.3 is 5.73 Å². The third-order valence-electron chi connectivity index (χ3n) is 1.18. The van der Waals surface area contributed by atoms with E-state index < -0.39 is 0 Å². The van der Waals surface area contributed by atoms with Gasteiger partial charge >= 0.3 is 0 Å². The number of aromatic nitrogens is 1. The lowest BCUT2D eigenvalue weighted by atomic mass is 10.3. The monoisotopic (exact) mass is 200 g/mol. The number of hydrogen-bond donors (Lipinski definition) is 2. The van der Waals surface area contributed by atoms with Crippen LogP contribution >= 0.6 is 23.8 Å². The van der Waals surface area contributed by atoms with E-state index in [1.807, 2.05) is 12.3 Å². The highest BCUT2D eigenvalue weighted by Crippen LogP contribution is 2.02. The first kappa shape index (κ1) is 9.08. The van der Waals surface area contributed by atoms with E-state index in [1.54, 1.807) is 6.20 Å². The summed E-state index contributed by atoms with van der Waals surface area (Å²) in [6, 6.07) is 0. The van der Waals surface area contributed by atoms with Crippen molar-refractivity contribution in [1.29, 1.82) is 0 Å². The predicted octanol–water partition coefficient (Wildman–Crippen LogP) is 0.700. The first-order valence-corrected chi connectivity index (χ1v) is 4.44. The Balaban J connectivity index is 2.65. The molecule has 1 heterocycles. The maximum Gasteiger partial charge on any atom is 0.184 e. The van der Waals surface area contributed by atoms with Gasteiger partial charge in [0.2, 0.25) is 0 Å². The van der Waals surface area contributed by atoms with Crippen molar-refractivity contribution in [3.63, 3.8) is 0 Å². The van der Waals surface area contributed by atoms with Gasteiger partial charge in [-0.25, -0.2) is 4.37 Å². The number of nitrogens with two attached hydrogens (primary N) is 1. The fourth-order valence-corrected chi connectivity index (χ4v) is 1.21. The summed E-state index contributed by atoms with van der Waals surface area (Å²) < 4.78 is 3.94. The van der Waals surface area contributed by atoms with Crippen molar-refractivity contribution in [2.75, 3.05) is 0 Å². The van der Waals surface area contributed by atoms with Crippen LogP contribution in [-0.2, 0) is 0 Å². The second-order valence-corrected chi connectivity index (χ2v) is 3.18. The Hall–Kier alpha value is -1.01. The van der Waals surface area contributed by atoms with Crippen molar-refractivity contribution in [2.45, 2.75) is 6.92 Å². The van der Waals surface area contributed by atoms with Gasteiger partial charge in [-0.1, -0.05) is 0 Å². The third-order valence-corrected chi connectivity index (χ3v) is 1.86. The Labute approximate surface area is 79.6 Å². The van der Waals surface area contributed by atoms with Crippen molar-refractivity contribution >= 4 is 34.6 Å². The molecule has 0 amide bonds. The molecule has 0 unspecified atom stereocenters. The highest BCUT2D eigenvalue weighted by Gasteiger charge is 1.97. The summed E-state index contributed by atoms with van der Waals surface area (Å²) in [6.45, 7) is 1.86. The van der Waals surface area contributed by atoms with Crippen LogP contribution in [0.1, 0.15) is 12.5 Å². The summed E-state index contributed by atoms with van der Waals surface area (Å²) in [7, 11) is 0. The summed E-state index contributed by atoms with van der Waals surface area (Å²) in [5.74, 6) is 0. The van der Waals surface area contributed by atoms with Crippen LogP contribution in [0.3, 0.4) is 0 Å². The molecule has 0 fully saturated rings. The highest BCUT2D eigenvalue weighted by molar-refractivity contribution is 7.80. The molecule has 1 rings (SSSR count). The van der Waals surface area contributed by atoms with Crippen molar-refractivity contribution in [3.05, 3.63) is 17.1 Å². The molecule has 0 bridgehead atoms. The normalized spacial score (nSPS) is 11.2. The van der Waals surface area contributed by atoms with E-state index in [2.05, 4.69) is 27.1 Å². The Morgan fingerprint density at radius 1 is 1.83 bits per heavy atom. The maximum absolute atomic E-state index is 5.19. The maximum atomic E-state index is 5.19. The molecule has 0 saturated heterocycles. The largest absolute Gasteiger partial charge is 0.375 e. The molecule has 0 saturated carbocycles. The Bertz CT molecular complexity index is 291. The minimum atomic E-state index is 0.164. The fraction of sp³-hybridized carbons (Fsp3) is 0.167. The van der Waals surface area contributed by atoms with E-state index in [-0.39, 0.29) is 5.11 Å². The van der Waals surface area contributed by atoms with Crippen LogP contribution in [0.5, 0.6) is 0 Å². The van der Waals surface area contributed by atoms with Gasteiger partial charge in [0.05, 0.1) is 5.71 Å². The zero-order valence-electron chi connectivity index (χ0n) is 6.44. The van der Waals surface area contributed by atoms with E-state index in [1.165, 1.54) is 11.5 Å². The molecular formula is C6H8N4S2. The summed E-state index contributed by atoms with van der Waals surface area (Å²) in [5, 5.41) is 6.00. The first-order valence-electron chi connectivity index (χ1n) is 3.19. The first-order chi connectivity index (χ1) is 5.70. The lowest BCUT2D eigenvalue weighted by Gasteiger charge is -1.97. The van der Waals surface area contributed by atoms with Crippen LogP contribution in [0.15, 0.2) is 16.7 Å². The SMILES string of the molecule is C/C(=N\NC(N)=S)c1cnsc1. The smallest absolute Gasteiger partial charge is 0.184 e. The third kappa shape index (κ3) is 2.55. The quantitative estimate of drug-likeness (QED) is 0.419. The Morgan fingerprint density at radius 2 is 2.58 bits per heavy atom. The zero-order valence-corrected chi connectivity index (χ0v) is 8.08. The number of nitrogens with zero attached hydrogens (tertiary/aromatic N) is 2. The van der Waals surface area contributed by atoms with Crippen LogP contribution in [-0.4, -0.2) is 15.2 Å². The second-order valence-electron chi connectivity index (χ2n) is 2.09. The minimum Gasteiger partial charge on any atom is -0.375 e. The molecule has 0 aromatic carbocycles. The van der Waals surface area contributed by atoms with Crippen LogP contribution in [0.2, 0.25) is 0 Å². The molecule has 0 aliphatic carbocycles. The molecule has 64 valence electrons. The van der Waals surface area contributed by atoms with Gasteiger partial charge in [-0.2, -0.15) is 5.10 Å². The zero-order chi connectivity index (χ0) is 8.97. The Morgan fingerprint density at radius 3 is 3.08 bits per heavy atom. The molecule has 0 aliphatic heterocycles. The van der Waals surface area contributed by atoms with Crippen molar-refractivity contribution in [2.24, 2.45) is 10.8 Å². The number of hydrazone groups is 1. The Kier molecular flexibility index (Phi) is 3.12. The van der Waals surface area contributed by atoms with Crippen molar-refractivity contribution in [3.8, 4) is 0 Å². The van der Waals surface area contributed by atoms with Crippen LogP contribution in [0, 0.1) is 0 Å². The van der Waals surface area contributed by atoms with E-state index in [0.29, 0.717) is 0 Å². The van der Waals surface area contributed by atoms with Gasteiger partial charge in [0.1, 0.15) is 0 Å². The molecule has 0 aliphatic rings. The summed E-state index contributed by atoms with van der Waals surface area (Å²) in [5.41, 5.74) is 9.49. The molecule has 12 heavy (non-hydrogen) atoms. The van der Waals surface area contributed by atoms with Crippen molar-refractivity contribution < 1.29 is 0 Å². The van der Waals surface area contributed by atoms with Crippen molar-refractivity contribution in [1.82, 2.24) is 9.80 Å². The summed E-state index contributed by atoms with van der Waals surface area (Å²) in [6.07, 6.45) is 1.74. The van der Waals surface area contributed by atoms with E-state index in [4.69, 9.17) is 5.73 Å². The van der Waals surface area contributed by atoms with E-state index in [0.717, 1.165) is 11.3 Å². The van der Waals surface area contributed by atoms with Gasteiger partial charge in [0.25, 0.3) is 0 Å². The van der Waals surface area contributed by atoms with Crippen LogP contribution in [0.25, 0.3) is 0 Å². The van der Waals surface area contributed by atoms with Gasteiger partial charge in [0, 0.05) is 17.1 Å². The highest BCUT2D eigenvalue weighted by atomic mass is 32.1. The summed E-state index contributed by atoms with van der Waals surface area (Å²) in [4.78, 5) is 0. The molecule has 1 aromatic rings. The van der Waals surface area contributed by atoms with Crippen LogP contribution < -0.4 is 11.2 Å². The lowest BCUT2D eigenvalue weighted by Crippen LogP contribution is -2.25. The standard InChI is InChI=1S/C6H8N4S2/c1-4(9-10-6(7)11)5-2-8-12-3-5/h2-3H,1H3,(H3,7,10,11)/b9-4+. The molecule has 4 nitrogen and oxygen atoms in total. The lowest BCUT2D eigenvalue weighted by molar-refractivity contribution is 1.03. The van der Waals surface area contributed by atoms with Gasteiger partial charge in [-0.05, 0) is 30.7 Å². The topological polar surface area (TPSA) is 63.3 Å². The second kappa shape index (κ2) is 4.13. The number of nitrogens with one attached hydrogen (secondary N) is 1. The molecule has 0 radical (unpaired) electrons. The number of rotatable bonds is 2. The van der Waals surface area contributed by atoms with E-state index >= 15 is 0 Å². The van der Waals surface area contributed by atoms with Crippen LogP contribution in [0.4, 0.5) is 0 Å². The van der Waals surface area contributed by atoms with E-state index in [9.17, 15) is 0 Å². The molecule has 0 atom stereocenters.